The van der Waals surface area contributed by atoms with E-state index in [9.17, 15) is 0 Å². The van der Waals surface area contributed by atoms with Gasteiger partial charge in [0.1, 0.15) is 0 Å². The molecule has 0 amide bonds. The first kappa shape index (κ1) is 8.41. The van der Waals surface area contributed by atoms with Gasteiger partial charge in [-0.2, -0.15) is 0 Å². The van der Waals surface area contributed by atoms with E-state index in [0.29, 0.717) is 6.61 Å². The molecule has 0 bridgehead atoms. The molecule has 60 valence electrons. The first-order chi connectivity index (χ1) is 4.83. The molecule has 2 atom stereocenters. The van der Waals surface area contributed by atoms with Crippen molar-refractivity contribution in [2.75, 3.05) is 26.3 Å². The van der Waals surface area contributed by atoms with Gasteiger partial charge in [0.25, 0.3) is 0 Å². The van der Waals surface area contributed by atoms with Gasteiger partial charge in [0, 0.05) is 21.4 Å². The van der Waals surface area contributed by atoms with Crippen LogP contribution in [0.25, 0.3) is 0 Å². The summed E-state index contributed by atoms with van der Waals surface area (Å²) in [6.45, 7) is 2.71. The molecule has 0 aromatic carbocycles. The first-order valence-corrected chi connectivity index (χ1v) is 3.93. The summed E-state index contributed by atoms with van der Waals surface area (Å²) >= 11 is 0. The van der Waals surface area contributed by atoms with Gasteiger partial charge in [0.2, 0.25) is 0 Å². The van der Waals surface area contributed by atoms with Crippen molar-refractivity contribution in [2.45, 2.75) is 6.42 Å². The van der Waals surface area contributed by atoms with E-state index in [0.717, 1.165) is 19.5 Å². The lowest BCUT2D eigenvalue weighted by molar-refractivity contribution is 0.0921. The monoisotopic (exact) mass is 163 g/mol. The molecule has 4 heteroatoms. The highest BCUT2D eigenvalue weighted by atomic mass is 31.0. The van der Waals surface area contributed by atoms with E-state index < -0.39 is 0 Å². The quantitative estimate of drug-likeness (QED) is 0.564. The second-order valence-electron chi connectivity index (χ2n) is 2.90. The summed E-state index contributed by atoms with van der Waals surface area (Å²) in [4.78, 5) is 0. The fraction of sp³-hybridized carbons (Fsp3) is 1.00. The maximum atomic E-state index is 9.02. The van der Waals surface area contributed by atoms with E-state index in [2.05, 4.69) is 14.8 Å². The smallest absolute Gasteiger partial charge is 0.0593 e. The molecule has 1 aliphatic rings. The largest absolute Gasteiger partial charge is 0.396 e. The first-order valence-electron chi connectivity index (χ1n) is 3.46. The van der Waals surface area contributed by atoms with Crippen molar-refractivity contribution in [3.05, 3.63) is 0 Å². The predicted molar refractivity (Wildman–Crippen MR) is 42.7 cm³/mol. The van der Waals surface area contributed by atoms with E-state index in [1.165, 1.54) is 0 Å². The second-order valence-corrected chi connectivity index (χ2v) is 3.23. The van der Waals surface area contributed by atoms with Crippen molar-refractivity contribution in [3.8, 4) is 0 Å². The predicted octanol–water partition coefficient (Wildman–Crippen LogP) is -0.235. The van der Waals surface area contributed by atoms with Crippen molar-refractivity contribution in [2.24, 2.45) is 5.41 Å². The van der Waals surface area contributed by atoms with Crippen LogP contribution in [0.1, 0.15) is 6.42 Å². The van der Waals surface area contributed by atoms with E-state index >= 15 is 0 Å². The highest BCUT2D eigenvalue weighted by Crippen LogP contribution is 2.25. The molecule has 0 aromatic rings. The number of aliphatic hydroxyl groups excluding tert-OH is 1. The molecule has 1 rings (SSSR count). The van der Waals surface area contributed by atoms with Gasteiger partial charge in [-0.1, -0.05) is 0 Å². The third-order valence-corrected chi connectivity index (χ3v) is 2.22. The Morgan fingerprint density at radius 2 is 2.50 bits per heavy atom. The third kappa shape index (κ3) is 1.67. The van der Waals surface area contributed by atoms with Crippen LogP contribution in [0.2, 0.25) is 0 Å². The van der Waals surface area contributed by atoms with Gasteiger partial charge in [-0.3, -0.25) is 0 Å². The van der Waals surface area contributed by atoms with Crippen molar-refractivity contribution >= 4 is 9.47 Å². The zero-order chi connectivity index (χ0) is 7.45. The molecule has 0 spiro atoms. The van der Waals surface area contributed by atoms with Crippen LogP contribution < -0.4 is 5.32 Å². The highest BCUT2D eigenvalue weighted by Gasteiger charge is 2.32. The topological polar surface area (TPSA) is 41.5 Å². The molecule has 0 saturated carbocycles. The zero-order valence-corrected chi connectivity index (χ0v) is 7.12. The van der Waals surface area contributed by atoms with Crippen molar-refractivity contribution in [1.29, 1.82) is 0 Å². The van der Waals surface area contributed by atoms with Crippen molar-refractivity contribution < 1.29 is 9.63 Å². The Morgan fingerprint density at radius 1 is 1.70 bits per heavy atom. The van der Waals surface area contributed by atoms with E-state index in [1.807, 2.05) is 0 Å². The number of hydrogen-bond donors (Lipinski definition) is 2. The number of nitrogens with one attached hydrogen (secondary N) is 1. The Hall–Kier alpha value is 0.310. The molecular formula is C6H14NO2P. The maximum Gasteiger partial charge on any atom is 0.0593 e. The minimum Gasteiger partial charge on any atom is -0.396 e. The lowest BCUT2D eigenvalue weighted by atomic mass is 9.90. The van der Waals surface area contributed by atoms with Crippen LogP contribution in [0, 0.1) is 5.41 Å². The third-order valence-electron chi connectivity index (χ3n) is 2.06. The summed E-state index contributed by atoms with van der Waals surface area (Å²) in [5.74, 6) is 0. The van der Waals surface area contributed by atoms with Crippen LogP contribution >= 0.6 is 9.47 Å². The summed E-state index contributed by atoms with van der Waals surface area (Å²) in [6.07, 6.45) is 1.01. The highest BCUT2D eigenvalue weighted by molar-refractivity contribution is 7.09. The molecule has 3 nitrogen and oxygen atoms in total. The normalized spacial score (nSPS) is 33.0. The molecule has 2 unspecified atom stereocenters. The summed E-state index contributed by atoms with van der Waals surface area (Å²) in [5, 5.41) is 12.2. The van der Waals surface area contributed by atoms with E-state index in [4.69, 9.17) is 9.63 Å². The van der Waals surface area contributed by atoms with Gasteiger partial charge >= 0.3 is 0 Å². The SMILES string of the molecule is OCC1(COP)CCNC1. The Morgan fingerprint density at radius 3 is 2.90 bits per heavy atom. The van der Waals surface area contributed by atoms with E-state index in [1.54, 1.807) is 0 Å². The van der Waals surface area contributed by atoms with Crippen LogP contribution in [-0.2, 0) is 4.52 Å². The molecular weight excluding hydrogens is 149 g/mol. The summed E-state index contributed by atoms with van der Waals surface area (Å²) in [7, 11) is 2.22. The second kappa shape index (κ2) is 3.63. The Kier molecular flexibility index (Phi) is 3.05. The molecule has 1 heterocycles. The Balaban J connectivity index is 2.41. The molecule has 1 saturated heterocycles. The average molecular weight is 163 g/mol. The fourth-order valence-corrected chi connectivity index (χ4v) is 1.63. The molecule has 0 radical (unpaired) electrons. The van der Waals surface area contributed by atoms with Crippen LogP contribution in [-0.4, -0.2) is 31.4 Å². The van der Waals surface area contributed by atoms with Gasteiger partial charge in [-0.25, -0.2) is 0 Å². The maximum absolute atomic E-state index is 9.02. The molecule has 0 aliphatic carbocycles. The summed E-state index contributed by atoms with van der Waals surface area (Å²) in [5.41, 5.74) is -0.0122. The minimum absolute atomic E-state index is 0.0122. The fourth-order valence-electron chi connectivity index (χ4n) is 1.28. The van der Waals surface area contributed by atoms with Crippen LogP contribution in [0.15, 0.2) is 0 Å². The van der Waals surface area contributed by atoms with Crippen molar-refractivity contribution in [3.63, 3.8) is 0 Å². The molecule has 0 aromatic heterocycles. The number of rotatable bonds is 3. The lowest BCUT2D eigenvalue weighted by Gasteiger charge is -2.23. The van der Waals surface area contributed by atoms with Gasteiger partial charge in [-0.05, 0) is 13.0 Å². The van der Waals surface area contributed by atoms with Crippen molar-refractivity contribution in [1.82, 2.24) is 5.32 Å². The van der Waals surface area contributed by atoms with Crippen LogP contribution in [0.5, 0.6) is 0 Å². The van der Waals surface area contributed by atoms with Gasteiger partial charge in [-0.15, -0.1) is 0 Å². The molecule has 2 N–H and O–H groups in total. The Bertz CT molecular complexity index is 104. The molecule has 1 fully saturated rings. The van der Waals surface area contributed by atoms with Crippen LogP contribution in [0.3, 0.4) is 0 Å². The standard InChI is InChI=1S/C6H14NO2P/c8-4-6(5-9-10)1-2-7-3-6/h7-8H,1-5,10H2. The van der Waals surface area contributed by atoms with Gasteiger partial charge in [0.15, 0.2) is 0 Å². The minimum atomic E-state index is -0.0122. The Labute approximate surface area is 63.4 Å². The molecule has 10 heavy (non-hydrogen) atoms. The summed E-state index contributed by atoms with van der Waals surface area (Å²) in [6, 6.07) is 0. The van der Waals surface area contributed by atoms with E-state index in [-0.39, 0.29) is 12.0 Å². The number of hydrogen-bond acceptors (Lipinski definition) is 3. The average Bonchev–Trinajstić information content (AvgIpc) is 2.39. The number of aliphatic hydroxyl groups is 1. The van der Waals surface area contributed by atoms with Gasteiger partial charge in [0.05, 0.1) is 13.2 Å². The lowest BCUT2D eigenvalue weighted by Crippen LogP contribution is -2.32. The summed E-state index contributed by atoms with van der Waals surface area (Å²) < 4.78 is 4.94. The van der Waals surface area contributed by atoms with Crippen LogP contribution in [0.4, 0.5) is 0 Å². The zero-order valence-electron chi connectivity index (χ0n) is 5.97. The molecule has 1 aliphatic heterocycles. The van der Waals surface area contributed by atoms with Gasteiger partial charge < -0.3 is 14.9 Å².